The predicted octanol–water partition coefficient (Wildman–Crippen LogP) is 8.55. The second-order valence-electron chi connectivity index (χ2n) is 8.74. The Morgan fingerprint density at radius 3 is 2.29 bits per heavy atom. The van der Waals surface area contributed by atoms with Crippen molar-refractivity contribution in [3.05, 3.63) is 54.6 Å². The first kappa shape index (κ1) is 25.1. The van der Waals surface area contributed by atoms with E-state index in [0.29, 0.717) is 0 Å². The molecule has 170 valence electrons. The fraction of sp³-hybridized carbons (Fsp3) is 0.571. The van der Waals surface area contributed by atoms with Gasteiger partial charge in [-0.2, -0.15) is 0 Å². The van der Waals surface area contributed by atoms with E-state index in [1.54, 1.807) is 0 Å². The number of allylic oxidation sites excluding steroid dienone is 1. The Balaban J connectivity index is 1.69. The number of rotatable bonds is 16. The lowest BCUT2D eigenvalue weighted by atomic mass is 10.00. The molecule has 0 unspecified atom stereocenters. The van der Waals surface area contributed by atoms with Gasteiger partial charge in [-0.25, -0.2) is 9.97 Å². The molecule has 31 heavy (non-hydrogen) atoms. The zero-order valence-electron chi connectivity index (χ0n) is 20.0. The SMILES string of the molecule is CCCCCCCC/C=C/Oc1ccc(-c2ncc(CCCC[C@@H](C)CC)cn2)cc1. The Morgan fingerprint density at radius 2 is 1.58 bits per heavy atom. The van der Waals surface area contributed by atoms with Crippen LogP contribution in [-0.2, 0) is 6.42 Å². The first-order valence-corrected chi connectivity index (χ1v) is 12.5. The lowest BCUT2D eigenvalue weighted by molar-refractivity contribution is 0.477. The van der Waals surface area contributed by atoms with Crippen molar-refractivity contribution in [3.63, 3.8) is 0 Å². The Hall–Kier alpha value is -2.16. The molecule has 1 atom stereocenters. The number of unbranched alkanes of at least 4 members (excludes halogenated alkanes) is 7. The van der Waals surface area contributed by atoms with E-state index in [1.165, 1.54) is 69.8 Å². The molecule has 0 radical (unpaired) electrons. The molecule has 1 aromatic heterocycles. The summed E-state index contributed by atoms with van der Waals surface area (Å²) in [5.74, 6) is 2.45. The summed E-state index contributed by atoms with van der Waals surface area (Å²) < 4.78 is 5.72. The van der Waals surface area contributed by atoms with Crippen LogP contribution in [0.15, 0.2) is 49.0 Å². The molecule has 3 nitrogen and oxygen atoms in total. The van der Waals surface area contributed by atoms with Crippen molar-refractivity contribution in [1.29, 1.82) is 0 Å². The monoisotopic (exact) mass is 422 g/mol. The molecule has 0 N–H and O–H groups in total. The molecule has 1 heterocycles. The van der Waals surface area contributed by atoms with Crippen LogP contribution >= 0.6 is 0 Å². The van der Waals surface area contributed by atoms with E-state index < -0.39 is 0 Å². The van der Waals surface area contributed by atoms with Crippen molar-refractivity contribution in [3.8, 4) is 17.1 Å². The average Bonchev–Trinajstić information content (AvgIpc) is 2.81. The predicted molar refractivity (Wildman–Crippen MR) is 132 cm³/mol. The lowest BCUT2D eigenvalue weighted by Gasteiger charge is -2.07. The van der Waals surface area contributed by atoms with Crippen molar-refractivity contribution < 1.29 is 4.74 Å². The molecule has 0 saturated heterocycles. The summed E-state index contributed by atoms with van der Waals surface area (Å²) in [6.45, 7) is 6.86. The number of aryl methyl sites for hydroxylation is 1. The van der Waals surface area contributed by atoms with Crippen LogP contribution in [0.5, 0.6) is 5.75 Å². The Labute approximate surface area is 190 Å². The van der Waals surface area contributed by atoms with Crippen LogP contribution in [0.3, 0.4) is 0 Å². The third-order valence-corrected chi connectivity index (χ3v) is 5.95. The number of aromatic nitrogens is 2. The molecule has 0 spiro atoms. The zero-order chi connectivity index (χ0) is 22.2. The fourth-order valence-corrected chi connectivity index (χ4v) is 3.58. The molecule has 1 aromatic carbocycles. The third-order valence-electron chi connectivity index (χ3n) is 5.95. The molecule has 0 bridgehead atoms. The van der Waals surface area contributed by atoms with Gasteiger partial charge in [-0.1, -0.05) is 72.1 Å². The van der Waals surface area contributed by atoms with Gasteiger partial charge in [0.1, 0.15) is 5.75 Å². The van der Waals surface area contributed by atoms with Gasteiger partial charge in [0.05, 0.1) is 6.26 Å². The standard InChI is InChI=1S/C28H42N2O/c1-4-6-7-8-9-10-11-14-21-31-27-19-17-26(18-20-27)28-29-22-25(23-30-28)16-13-12-15-24(3)5-2/h14,17-24H,4-13,15-16H2,1-3H3/b21-14+/t24-/m0/s1. The maximum absolute atomic E-state index is 5.72. The second-order valence-corrected chi connectivity index (χ2v) is 8.74. The Kier molecular flexibility index (Phi) is 12.6. The van der Waals surface area contributed by atoms with E-state index in [0.717, 1.165) is 35.9 Å². The molecule has 2 rings (SSSR count). The van der Waals surface area contributed by atoms with E-state index in [1.807, 2.05) is 42.9 Å². The van der Waals surface area contributed by atoms with Crippen LogP contribution in [0.1, 0.15) is 97.0 Å². The van der Waals surface area contributed by atoms with Crippen LogP contribution in [-0.4, -0.2) is 9.97 Å². The van der Waals surface area contributed by atoms with Gasteiger partial charge in [0.2, 0.25) is 0 Å². The first-order chi connectivity index (χ1) is 15.2. The van der Waals surface area contributed by atoms with Crippen LogP contribution < -0.4 is 4.74 Å². The minimum atomic E-state index is 0.772. The molecule has 0 aliphatic heterocycles. The van der Waals surface area contributed by atoms with E-state index in [2.05, 4.69) is 36.8 Å². The summed E-state index contributed by atoms with van der Waals surface area (Å²) in [6.07, 6.45) is 23.1. The van der Waals surface area contributed by atoms with Crippen molar-refractivity contribution in [2.24, 2.45) is 5.92 Å². The van der Waals surface area contributed by atoms with Crippen LogP contribution in [0.2, 0.25) is 0 Å². The smallest absolute Gasteiger partial charge is 0.159 e. The number of hydrogen-bond donors (Lipinski definition) is 0. The summed E-state index contributed by atoms with van der Waals surface area (Å²) in [4.78, 5) is 9.13. The number of hydrogen-bond acceptors (Lipinski definition) is 3. The summed E-state index contributed by atoms with van der Waals surface area (Å²) >= 11 is 0. The van der Waals surface area contributed by atoms with Crippen molar-refractivity contribution >= 4 is 0 Å². The maximum Gasteiger partial charge on any atom is 0.159 e. The fourth-order valence-electron chi connectivity index (χ4n) is 3.58. The lowest BCUT2D eigenvalue weighted by Crippen LogP contribution is -1.95. The third kappa shape index (κ3) is 10.6. The van der Waals surface area contributed by atoms with Crippen molar-refractivity contribution in [1.82, 2.24) is 9.97 Å². The number of benzene rings is 1. The van der Waals surface area contributed by atoms with E-state index in [9.17, 15) is 0 Å². The molecular formula is C28H42N2O. The molecule has 3 heteroatoms. The van der Waals surface area contributed by atoms with Crippen LogP contribution in [0.4, 0.5) is 0 Å². The second kappa shape index (κ2) is 15.6. The van der Waals surface area contributed by atoms with E-state index >= 15 is 0 Å². The quantitative estimate of drug-likeness (QED) is 0.201. The maximum atomic E-state index is 5.72. The Morgan fingerprint density at radius 1 is 0.871 bits per heavy atom. The molecule has 0 aliphatic rings. The highest BCUT2D eigenvalue weighted by molar-refractivity contribution is 5.55. The van der Waals surface area contributed by atoms with E-state index in [-0.39, 0.29) is 0 Å². The van der Waals surface area contributed by atoms with Gasteiger partial charge in [0, 0.05) is 18.0 Å². The summed E-state index contributed by atoms with van der Waals surface area (Å²) in [7, 11) is 0. The van der Waals surface area contributed by atoms with Gasteiger partial charge >= 0.3 is 0 Å². The topological polar surface area (TPSA) is 35.0 Å². The first-order valence-electron chi connectivity index (χ1n) is 12.5. The average molecular weight is 423 g/mol. The van der Waals surface area contributed by atoms with Crippen molar-refractivity contribution in [2.45, 2.75) is 97.8 Å². The van der Waals surface area contributed by atoms with Gasteiger partial charge in [0.15, 0.2) is 5.82 Å². The minimum Gasteiger partial charge on any atom is -0.465 e. The summed E-state index contributed by atoms with van der Waals surface area (Å²) in [6, 6.07) is 8.02. The zero-order valence-corrected chi connectivity index (χ0v) is 20.0. The number of nitrogens with zero attached hydrogens (tertiary/aromatic N) is 2. The normalized spacial score (nSPS) is 12.4. The van der Waals surface area contributed by atoms with E-state index in [4.69, 9.17) is 4.74 Å². The minimum absolute atomic E-state index is 0.772. The molecule has 0 fully saturated rings. The van der Waals surface area contributed by atoms with Crippen LogP contribution in [0.25, 0.3) is 11.4 Å². The largest absolute Gasteiger partial charge is 0.465 e. The highest BCUT2D eigenvalue weighted by atomic mass is 16.5. The van der Waals surface area contributed by atoms with Gasteiger partial charge in [-0.3, -0.25) is 0 Å². The molecule has 0 amide bonds. The Bertz CT molecular complexity index is 722. The highest BCUT2D eigenvalue weighted by Crippen LogP contribution is 2.20. The van der Waals surface area contributed by atoms with Gasteiger partial charge in [-0.15, -0.1) is 0 Å². The van der Waals surface area contributed by atoms with Crippen LogP contribution in [0, 0.1) is 5.92 Å². The van der Waals surface area contributed by atoms with Gasteiger partial charge in [0.25, 0.3) is 0 Å². The molecule has 0 saturated carbocycles. The molecule has 0 aliphatic carbocycles. The highest BCUT2D eigenvalue weighted by Gasteiger charge is 2.03. The summed E-state index contributed by atoms with van der Waals surface area (Å²) in [5, 5.41) is 0. The summed E-state index contributed by atoms with van der Waals surface area (Å²) in [5.41, 5.74) is 2.25. The van der Waals surface area contributed by atoms with Crippen molar-refractivity contribution in [2.75, 3.05) is 0 Å². The van der Waals surface area contributed by atoms with Gasteiger partial charge < -0.3 is 4.74 Å². The molecular weight excluding hydrogens is 380 g/mol. The number of ether oxygens (including phenoxy) is 1. The molecule has 2 aromatic rings. The van der Waals surface area contributed by atoms with Gasteiger partial charge in [-0.05, 0) is 67.5 Å².